The van der Waals surface area contributed by atoms with Crippen molar-refractivity contribution in [3.63, 3.8) is 0 Å². The van der Waals surface area contributed by atoms with E-state index in [2.05, 4.69) is 55.0 Å². The van der Waals surface area contributed by atoms with Gasteiger partial charge in [0.15, 0.2) is 0 Å². The molecule has 0 aliphatic carbocycles. The molecule has 2 aromatic rings. The standard InChI is InChI=1S/C15H21N3/c1-11-5-4-6-12(9-11)13-10-17-14(18-13)15(2,3)7-8-16/h4-6,9-10H,7-8,16H2,1-3H3,(H,17,18). The van der Waals surface area contributed by atoms with E-state index in [1.165, 1.54) is 11.1 Å². The van der Waals surface area contributed by atoms with Gasteiger partial charge in [0.2, 0.25) is 0 Å². The molecule has 3 N–H and O–H groups in total. The molecule has 0 aliphatic rings. The van der Waals surface area contributed by atoms with Crippen molar-refractivity contribution in [2.24, 2.45) is 5.73 Å². The number of nitrogens with two attached hydrogens (primary N) is 1. The molecule has 0 saturated heterocycles. The van der Waals surface area contributed by atoms with E-state index in [1.54, 1.807) is 0 Å². The van der Waals surface area contributed by atoms with Crippen LogP contribution in [-0.4, -0.2) is 16.5 Å². The zero-order valence-electron chi connectivity index (χ0n) is 11.3. The van der Waals surface area contributed by atoms with Crippen LogP contribution in [-0.2, 0) is 5.41 Å². The van der Waals surface area contributed by atoms with Gasteiger partial charge in [0.25, 0.3) is 0 Å². The first-order valence-corrected chi connectivity index (χ1v) is 6.35. The van der Waals surface area contributed by atoms with Crippen molar-refractivity contribution in [2.75, 3.05) is 6.54 Å². The van der Waals surface area contributed by atoms with Gasteiger partial charge in [-0.25, -0.2) is 4.98 Å². The van der Waals surface area contributed by atoms with Gasteiger partial charge in [-0.3, -0.25) is 0 Å². The largest absolute Gasteiger partial charge is 0.342 e. The van der Waals surface area contributed by atoms with E-state index in [9.17, 15) is 0 Å². The summed E-state index contributed by atoms with van der Waals surface area (Å²) in [7, 11) is 0. The maximum atomic E-state index is 5.65. The van der Waals surface area contributed by atoms with Crippen LogP contribution < -0.4 is 5.73 Å². The first-order chi connectivity index (χ1) is 8.53. The third kappa shape index (κ3) is 2.62. The summed E-state index contributed by atoms with van der Waals surface area (Å²) in [6.07, 6.45) is 2.83. The first-order valence-electron chi connectivity index (χ1n) is 6.35. The third-order valence-electron chi connectivity index (χ3n) is 3.32. The zero-order valence-corrected chi connectivity index (χ0v) is 11.3. The van der Waals surface area contributed by atoms with Crippen molar-refractivity contribution in [3.05, 3.63) is 41.9 Å². The minimum atomic E-state index is -0.00315. The Bertz CT molecular complexity index is 526. The summed E-state index contributed by atoms with van der Waals surface area (Å²) in [5.41, 5.74) is 9.15. The first kappa shape index (κ1) is 12.8. The summed E-state index contributed by atoms with van der Waals surface area (Å²) in [4.78, 5) is 7.92. The van der Waals surface area contributed by atoms with Crippen LogP contribution in [0.1, 0.15) is 31.7 Å². The fourth-order valence-corrected chi connectivity index (χ4v) is 2.10. The predicted octanol–water partition coefficient (Wildman–Crippen LogP) is 3.01. The average molecular weight is 243 g/mol. The van der Waals surface area contributed by atoms with Gasteiger partial charge in [0, 0.05) is 5.41 Å². The lowest BCUT2D eigenvalue weighted by molar-refractivity contribution is 0.462. The second-order valence-corrected chi connectivity index (χ2v) is 5.44. The topological polar surface area (TPSA) is 54.7 Å². The van der Waals surface area contributed by atoms with Gasteiger partial charge in [-0.15, -0.1) is 0 Å². The van der Waals surface area contributed by atoms with Crippen LogP contribution in [0.15, 0.2) is 30.5 Å². The van der Waals surface area contributed by atoms with Crippen LogP contribution in [0.25, 0.3) is 11.3 Å². The quantitative estimate of drug-likeness (QED) is 0.867. The van der Waals surface area contributed by atoms with Crippen molar-refractivity contribution in [1.82, 2.24) is 9.97 Å². The minimum absolute atomic E-state index is 0.00315. The van der Waals surface area contributed by atoms with Crippen LogP contribution in [0.3, 0.4) is 0 Å². The number of aryl methyl sites for hydroxylation is 1. The molecule has 0 spiro atoms. The van der Waals surface area contributed by atoms with Crippen molar-refractivity contribution in [1.29, 1.82) is 0 Å². The van der Waals surface area contributed by atoms with E-state index < -0.39 is 0 Å². The van der Waals surface area contributed by atoms with Gasteiger partial charge in [-0.2, -0.15) is 0 Å². The number of H-pyrrole nitrogens is 1. The Labute approximate surface area is 108 Å². The van der Waals surface area contributed by atoms with E-state index in [0.717, 1.165) is 17.9 Å². The summed E-state index contributed by atoms with van der Waals surface area (Å²) in [6, 6.07) is 8.42. The van der Waals surface area contributed by atoms with Crippen molar-refractivity contribution in [3.8, 4) is 11.3 Å². The lowest BCUT2D eigenvalue weighted by atomic mass is 9.88. The molecule has 0 aliphatic heterocycles. The maximum absolute atomic E-state index is 5.65. The number of nitrogens with zero attached hydrogens (tertiary/aromatic N) is 1. The molecule has 1 aromatic carbocycles. The lowest BCUT2D eigenvalue weighted by Gasteiger charge is -2.20. The van der Waals surface area contributed by atoms with Crippen LogP contribution in [0.4, 0.5) is 0 Å². The van der Waals surface area contributed by atoms with E-state index in [1.807, 2.05) is 6.20 Å². The molecule has 0 amide bonds. The molecular formula is C15H21N3. The normalized spacial score (nSPS) is 11.8. The molecular weight excluding hydrogens is 222 g/mol. The maximum Gasteiger partial charge on any atom is 0.112 e. The zero-order chi connectivity index (χ0) is 13.2. The highest BCUT2D eigenvalue weighted by molar-refractivity contribution is 5.59. The van der Waals surface area contributed by atoms with E-state index in [4.69, 9.17) is 5.73 Å². The average Bonchev–Trinajstić information content (AvgIpc) is 2.78. The molecule has 3 nitrogen and oxygen atoms in total. The Morgan fingerprint density at radius 1 is 1.33 bits per heavy atom. The number of rotatable bonds is 4. The van der Waals surface area contributed by atoms with Crippen molar-refractivity contribution < 1.29 is 0 Å². The highest BCUT2D eigenvalue weighted by Crippen LogP contribution is 2.26. The second-order valence-electron chi connectivity index (χ2n) is 5.44. The SMILES string of the molecule is Cc1cccc(-c2cnc(C(C)(C)CCN)[nH]2)c1. The molecule has 1 heterocycles. The highest BCUT2D eigenvalue weighted by Gasteiger charge is 2.23. The predicted molar refractivity (Wildman–Crippen MR) is 75.5 cm³/mol. The molecule has 2 rings (SSSR count). The molecule has 96 valence electrons. The Kier molecular flexibility index (Phi) is 3.53. The molecule has 0 bridgehead atoms. The number of nitrogens with one attached hydrogen (secondary N) is 1. The Morgan fingerprint density at radius 2 is 2.11 bits per heavy atom. The van der Waals surface area contributed by atoms with Crippen LogP contribution in [0.2, 0.25) is 0 Å². The van der Waals surface area contributed by atoms with Crippen molar-refractivity contribution in [2.45, 2.75) is 32.6 Å². The molecule has 0 atom stereocenters. The van der Waals surface area contributed by atoms with Gasteiger partial charge < -0.3 is 10.7 Å². The summed E-state index contributed by atoms with van der Waals surface area (Å²) >= 11 is 0. The molecule has 0 unspecified atom stereocenters. The minimum Gasteiger partial charge on any atom is -0.342 e. The van der Waals surface area contributed by atoms with Gasteiger partial charge in [0.05, 0.1) is 11.9 Å². The van der Waals surface area contributed by atoms with Gasteiger partial charge in [-0.1, -0.05) is 37.6 Å². The fraction of sp³-hybridized carbons (Fsp3) is 0.400. The van der Waals surface area contributed by atoms with Crippen LogP contribution >= 0.6 is 0 Å². The molecule has 18 heavy (non-hydrogen) atoms. The summed E-state index contributed by atoms with van der Waals surface area (Å²) in [6.45, 7) is 7.10. The Morgan fingerprint density at radius 3 is 2.78 bits per heavy atom. The van der Waals surface area contributed by atoms with Crippen LogP contribution in [0, 0.1) is 6.92 Å². The fourth-order valence-electron chi connectivity index (χ4n) is 2.10. The number of aromatic amines is 1. The molecule has 0 fully saturated rings. The number of aromatic nitrogens is 2. The van der Waals surface area contributed by atoms with E-state index in [-0.39, 0.29) is 5.41 Å². The van der Waals surface area contributed by atoms with Crippen LogP contribution in [0.5, 0.6) is 0 Å². The highest BCUT2D eigenvalue weighted by atomic mass is 14.9. The summed E-state index contributed by atoms with van der Waals surface area (Å²) in [5, 5.41) is 0. The Hall–Kier alpha value is -1.61. The molecule has 1 aromatic heterocycles. The number of hydrogen-bond acceptors (Lipinski definition) is 2. The molecule has 3 heteroatoms. The number of benzene rings is 1. The van der Waals surface area contributed by atoms with Gasteiger partial charge >= 0.3 is 0 Å². The molecule has 0 radical (unpaired) electrons. The smallest absolute Gasteiger partial charge is 0.112 e. The lowest BCUT2D eigenvalue weighted by Crippen LogP contribution is -2.23. The Balaban J connectivity index is 2.31. The second kappa shape index (κ2) is 4.94. The van der Waals surface area contributed by atoms with E-state index in [0.29, 0.717) is 6.54 Å². The number of hydrogen-bond donors (Lipinski definition) is 2. The van der Waals surface area contributed by atoms with Gasteiger partial charge in [0.1, 0.15) is 5.82 Å². The van der Waals surface area contributed by atoms with E-state index >= 15 is 0 Å². The van der Waals surface area contributed by atoms with Crippen molar-refractivity contribution >= 4 is 0 Å². The molecule has 0 saturated carbocycles. The monoisotopic (exact) mass is 243 g/mol. The summed E-state index contributed by atoms with van der Waals surface area (Å²) < 4.78 is 0. The summed E-state index contributed by atoms with van der Waals surface area (Å²) in [5.74, 6) is 1.00. The van der Waals surface area contributed by atoms with Gasteiger partial charge in [-0.05, 0) is 31.5 Å². The third-order valence-corrected chi connectivity index (χ3v) is 3.32. The number of imidazole rings is 1.